The van der Waals surface area contributed by atoms with Crippen LogP contribution >= 0.6 is 0 Å². The van der Waals surface area contributed by atoms with Gasteiger partial charge >= 0.3 is 0 Å². The molecule has 0 aromatic heterocycles. The SMILES string of the molecule is [B]N(C)CCCOc1ccc(Oc2ccccc2)cc1. The van der Waals surface area contributed by atoms with Crippen molar-refractivity contribution < 1.29 is 9.47 Å². The molecule has 0 fully saturated rings. The van der Waals surface area contributed by atoms with E-state index in [1.807, 2.05) is 61.6 Å². The molecule has 2 aromatic rings. The second kappa shape index (κ2) is 7.60. The van der Waals surface area contributed by atoms with Gasteiger partial charge < -0.3 is 14.3 Å². The summed E-state index contributed by atoms with van der Waals surface area (Å²) in [5, 5.41) is 0. The minimum Gasteiger partial charge on any atom is -0.494 e. The number of nitrogens with zero attached hydrogens (tertiary/aromatic N) is 1. The van der Waals surface area contributed by atoms with Gasteiger partial charge in [0.25, 0.3) is 0 Å². The van der Waals surface area contributed by atoms with Crippen LogP contribution in [0.2, 0.25) is 0 Å². The highest BCUT2D eigenvalue weighted by atomic mass is 16.5. The molecule has 0 unspecified atom stereocenters. The molecule has 3 nitrogen and oxygen atoms in total. The lowest BCUT2D eigenvalue weighted by Gasteiger charge is -2.11. The van der Waals surface area contributed by atoms with Crippen molar-refractivity contribution in [2.24, 2.45) is 0 Å². The van der Waals surface area contributed by atoms with Gasteiger partial charge in [-0.15, -0.1) is 0 Å². The van der Waals surface area contributed by atoms with E-state index in [4.69, 9.17) is 17.5 Å². The molecule has 0 aliphatic carbocycles. The lowest BCUT2D eigenvalue weighted by Crippen LogP contribution is -2.17. The first-order valence-electron chi connectivity index (χ1n) is 6.65. The van der Waals surface area contributed by atoms with Crippen LogP contribution in [-0.2, 0) is 0 Å². The summed E-state index contributed by atoms with van der Waals surface area (Å²) in [5.41, 5.74) is 0. The lowest BCUT2D eigenvalue weighted by atomic mass is 10.3. The van der Waals surface area contributed by atoms with Gasteiger partial charge in [0.05, 0.1) is 6.61 Å². The molecule has 0 aliphatic heterocycles. The maximum absolute atomic E-state index is 5.71. The fourth-order valence-corrected chi connectivity index (χ4v) is 1.73. The molecule has 4 heteroatoms. The molecular formula is C16H18BNO2. The van der Waals surface area contributed by atoms with Crippen LogP contribution in [0.4, 0.5) is 0 Å². The molecule has 0 aliphatic rings. The Morgan fingerprint density at radius 2 is 1.50 bits per heavy atom. The molecule has 0 heterocycles. The van der Waals surface area contributed by atoms with E-state index in [-0.39, 0.29) is 0 Å². The van der Waals surface area contributed by atoms with Gasteiger partial charge in [-0.3, -0.25) is 0 Å². The van der Waals surface area contributed by atoms with Gasteiger partial charge in [-0.25, -0.2) is 0 Å². The summed E-state index contributed by atoms with van der Waals surface area (Å²) < 4.78 is 11.3. The van der Waals surface area contributed by atoms with E-state index >= 15 is 0 Å². The first-order chi connectivity index (χ1) is 9.74. The first kappa shape index (κ1) is 14.5. The van der Waals surface area contributed by atoms with Crippen molar-refractivity contribution in [2.45, 2.75) is 6.42 Å². The van der Waals surface area contributed by atoms with Crippen LogP contribution in [0.25, 0.3) is 0 Å². The molecule has 2 radical (unpaired) electrons. The fraction of sp³-hybridized carbons (Fsp3) is 0.250. The Bertz CT molecular complexity index is 500. The molecule has 20 heavy (non-hydrogen) atoms. The van der Waals surface area contributed by atoms with Crippen molar-refractivity contribution in [1.82, 2.24) is 4.81 Å². The number of ether oxygens (including phenoxy) is 2. The molecule has 2 aromatic carbocycles. The van der Waals surface area contributed by atoms with Gasteiger partial charge in [0.2, 0.25) is 0 Å². The minimum absolute atomic E-state index is 0.653. The van der Waals surface area contributed by atoms with Crippen molar-refractivity contribution in [2.75, 3.05) is 20.2 Å². The van der Waals surface area contributed by atoms with E-state index < -0.39 is 0 Å². The van der Waals surface area contributed by atoms with Crippen LogP contribution in [0.1, 0.15) is 6.42 Å². The van der Waals surface area contributed by atoms with Crippen LogP contribution < -0.4 is 9.47 Å². The number of hydrogen-bond donors (Lipinski definition) is 0. The number of rotatable bonds is 7. The zero-order chi connectivity index (χ0) is 14.2. The summed E-state index contributed by atoms with van der Waals surface area (Å²) in [5.74, 6) is 2.46. The molecule has 0 atom stereocenters. The Kier molecular flexibility index (Phi) is 5.50. The summed E-state index contributed by atoms with van der Waals surface area (Å²) in [7, 11) is 7.37. The third kappa shape index (κ3) is 4.98. The topological polar surface area (TPSA) is 21.7 Å². The standard InChI is InChI=1S/C16H18BNO2/c1-18(17)12-5-13-19-14-8-10-16(11-9-14)20-15-6-3-2-4-7-15/h2-4,6-11H,5,12-13H2,1H3. The third-order valence-electron chi connectivity index (χ3n) is 2.73. The van der Waals surface area contributed by atoms with E-state index in [9.17, 15) is 0 Å². The normalized spacial score (nSPS) is 10.5. The zero-order valence-electron chi connectivity index (χ0n) is 11.7. The molecule has 0 spiro atoms. The van der Waals surface area contributed by atoms with Crippen molar-refractivity contribution >= 4 is 7.98 Å². The summed E-state index contributed by atoms with van der Waals surface area (Å²) >= 11 is 0. The highest BCUT2D eigenvalue weighted by Crippen LogP contribution is 2.23. The summed E-state index contributed by atoms with van der Waals surface area (Å²) in [6.07, 6.45) is 0.898. The molecule has 0 saturated carbocycles. The second-order valence-corrected chi connectivity index (χ2v) is 4.57. The molecule has 0 N–H and O–H groups in total. The Morgan fingerprint density at radius 3 is 2.15 bits per heavy atom. The molecule has 2 rings (SSSR count). The van der Waals surface area contributed by atoms with E-state index in [2.05, 4.69) is 0 Å². The average molecular weight is 267 g/mol. The Hall–Kier alpha value is -1.94. The summed E-state index contributed by atoms with van der Waals surface area (Å²) in [6.45, 7) is 1.47. The maximum Gasteiger partial charge on any atom is 0.182 e. The first-order valence-corrected chi connectivity index (χ1v) is 6.65. The minimum atomic E-state index is 0.653. The highest BCUT2D eigenvalue weighted by Gasteiger charge is 1.98. The van der Waals surface area contributed by atoms with Gasteiger partial charge in [0, 0.05) is 0 Å². The van der Waals surface area contributed by atoms with Gasteiger partial charge in [-0.05, 0) is 56.4 Å². The second-order valence-electron chi connectivity index (χ2n) is 4.57. The predicted molar refractivity (Wildman–Crippen MR) is 81.5 cm³/mol. The van der Waals surface area contributed by atoms with E-state index in [0.29, 0.717) is 6.61 Å². The van der Waals surface area contributed by atoms with Crippen LogP contribution in [-0.4, -0.2) is 33.0 Å². The largest absolute Gasteiger partial charge is 0.494 e. The maximum atomic E-state index is 5.71. The summed E-state index contributed by atoms with van der Waals surface area (Å²) in [6, 6.07) is 17.3. The van der Waals surface area contributed by atoms with Crippen LogP contribution in [0.3, 0.4) is 0 Å². The number of para-hydroxylation sites is 1. The Labute approximate surface area is 121 Å². The van der Waals surface area contributed by atoms with Crippen LogP contribution in [0, 0.1) is 0 Å². The monoisotopic (exact) mass is 267 g/mol. The van der Waals surface area contributed by atoms with Crippen LogP contribution in [0.15, 0.2) is 54.6 Å². The highest BCUT2D eigenvalue weighted by molar-refractivity contribution is 6.04. The van der Waals surface area contributed by atoms with Crippen molar-refractivity contribution in [3.8, 4) is 17.2 Å². The molecule has 0 saturated heterocycles. The van der Waals surface area contributed by atoms with E-state index in [1.165, 1.54) is 0 Å². The predicted octanol–water partition coefficient (Wildman–Crippen LogP) is 3.26. The Balaban J connectivity index is 1.81. The van der Waals surface area contributed by atoms with E-state index in [1.54, 1.807) is 4.81 Å². The van der Waals surface area contributed by atoms with E-state index in [0.717, 1.165) is 30.2 Å². The molecule has 0 amide bonds. The van der Waals surface area contributed by atoms with Crippen molar-refractivity contribution in [1.29, 1.82) is 0 Å². The quantitative estimate of drug-likeness (QED) is 0.567. The smallest absolute Gasteiger partial charge is 0.182 e. The van der Waals surface area contributed by atoms with Crippen molar-refractivity contribution in [3.63, 3.8) is 0 Å². The van der Waals surface area contributed by atoms with Gasteiger partial charge in [0.1, 0.15) is 17.2 Å². The summed E-state index contributed by atoms with van der Waals surface area (Å²) in [4.78, 5) is 1.65. The fourth-order valence-electron chi connectivity index (χ4n) is 1.73. The Morgan fingerprint density at radius 1 is 0.900 bits per heavy atom. The van der Waals surface area contributed by atoms with Crippen LogP contribution in [0.5, 0.6) is 17.2 Å². The third-order valence-corrected chi connectivity index (χ3v) is 2.73. The van der Waals surface area contributed by atoms with Gasteiger partial charge in [-0.1, -0.05) is 18.2 Å². The number of benzene rings is 2. The average Bonchev–Trinajstić information content (AvgIpc) is 2.46. The molecule has 0 bridgehead atoms. The zero-order valence-corrected chi connectivity index (χ0v) is 11.7. The lowest BCUT2D eigenvalue weighted by molar-refractivity contribution is 0.298. The molecule has 102 valence electrons. The number of hydrogen-bond acceptors (Lipinski definition) is 3. The van der Waals surface area contributed by atoms with Gasteiger partial charge in [0.15, 0.2) is 7.98 Å². The molecular weight excluding hydrogens is 249 g/mol. The van der Waals surface area contributed by atoms with Gasteiger partial charge in [-0.2, -0.15) is 0 Å². The van der Waals surface area contributed by atoms with Crippen molar-refractivity contribution in [3.05, 3.63) is 54.6 Å².